The van der Waals surface area contributed by atoms with Gasteiger partial charge in [0, 0.05) is 23.3 Å². The molecule has 2 aliphatic carbocycles. The summed E-state index contributed by atoms with van der Waals surface area (Å²) in [7, 11) is 0. The molecular formula is C20H20N4OS. The van der Waals surface area contributed by atoms with Gasteiger partial charge in [-0.1, -0.05) is 18.2 Å². The number of hydrogen-bond donors (Lipinski definition) is 1. The maximum Gasteiger partial charge on any atom is 0.255 e. The summed E-state index contributed by atoms with van der Waals surface area (Å²) in [6.45, 7) is 0. The molecule has 6 heteroatoms. The Morgan fingerprint density at radius 1 is 1.19 bits per heavy atom. The van der Waals surface area contributed by atoms with Crippen LogP contribution in [0.4, 0.5) is 0 Å². The molecule has 1 unspecified atom stereocenters. The lowest BCUT2D eigenvalue weighted by atomic mass is 9.97. The molecule has 26 heavy (non-hydrogen) atoms. The summed E-state index contributed by atoms with van der Waals surface area (Å²) in [5.41, 5.74) is 5.91. The number of para-hydroxylation sites is 1. The Kier molecular flexibility index (Phi) is 3.85. The van der Waals surface area contributed by atoms with Crippen molar-refractivity contribution in [3.63, 3.8) is 0 Å². The summed E-state index contributed by atoms with van der Waals surface area (Å²) in [5, 5.41) is 7.78. The molecule has 3 aromatic rings. The van der Waals surface area contributed by atoms with Crippen LogP contribution in [0.25, 0.3) is 5.69 Å². The molecule has 2 heterocycles. The number of carbonyl (C=O) groups excluding carboxylic acids is 1. The third-order valence-electron chi connectivity index (χ3n) is 5.24. The second kappa shape index (κ2) is 6.36. The van der Waals surface area contributed by atoms with Crippen LogP contribution in [0.5, 0.6) is 0 Å². The van der Waals surface area contributed by atoms with Gasteiger partial charge in [0.25, 0.3) is 5.91 Å². The number of hydrogen-bond acceptors (Lipinski definition) is 4. The number of nitrogens with zero attached hydrogens (tertiary/aromatic N) is 3. The minimum absolute atomic E-state index is 0.00652. The summed E-state index contributed by atoms with van der Waals surface area (Å²) >= 11 is 1.69. The molecule has 1 N–H and O–H groups in total. The van der Waals surface area contributed by atoms with Gasteiger partial charge in [-0.05, 0) is 37.8 Å². The molecule has 0 aliphatic heterocycles. The molecular weight excluding hydrogens is 344 g/mol. The van der Waals surface area contributed by atoms with Crippen LogP contribution < -0.4 is 5.32 Å². The standard InChI is InChI=1S/C20H20N4OS/c25-20(23-14-8-9-17-18(10-14)26-12-21-17)16-11-22-24(19(16)13-6-7-13)15-4-2-1-3-5-15/h1-5,11-14H,6-10H2,(H,23,25). The van der Waals surface area contributed by atoms with Crippen molar-refractivity contribution in [2.24, 2.45) is 0 Å². The lowest BCUT2D eigenvalue weighted by molar-refractivity contribution is 0.0932. The topological polar surface area (TPSA) is 59.8 Å². The van der Waals surface area contributed by atoms with Crippen molar-refractivity contribution < 1.29 is 4.79 Å². The van der Waals surface area contributed by atoms with E-state index in [2.05, 4.69) is 15.4 Å². The third-order valence-corrected chi connectivity index (χ3v) is 6.14. The van der Waals surface area contributed by atoms with Crippen molar-refractivity contribution >= 4 is 17.2 Å². The predicted molar refractivity (Wildman–Crippen MR) is 101 cm³/mol. The monoisotopic (exact) mass is 364 g/mol. The van der Waals surface area contributed by atoms with Gasteiger partial charge in [0.05, 0.1) is 34.3 Å². The Morgan fingerprint density at radius 3 is 2.85 bits per heavy atom. The highest BCUT2D eigenvalue weighted by Gasteiger charge is 2.33. The van der Waals surface area contributed by atoms with E-state index in [1.54, 1.807) is 17.5 Å². The van der Waals surface area contributed by atoms with E-state index >= 15 is 0 Å². The van der Waals surface area contributed by atoms with E-state index in [9.17, 15) is 4.79 Å². The summed E-state index contributed by atoms with van der Waals surface area (Å²) in [5.74, 6) is 0.449. The van der Waals surface area contributed by atoms with Crippen molar-refractivity contribution in [1.29, 1.82) is 0 Å². The maximum absolute atomic E-state index is 13.0. The summed E-state index contributed by atoms with van der Waals surface area (Å²) < 4.78 is 1.94. The molecule has 0 spiro atoms. The van der Waals surface area contributed by atoms with Crippen LogP contribution in [0.15, 0.2) is 42.0 Å². The summed E-state index contributed by atoms with van der Waals surface area (Å²) in [4.78, 5) is 18.7. The Hall–Kier alpha value is -2.47. The lowest BCUT2D eigenvalue weighted by Gasteiger charge is -2.22. The number of rotatable bonds is 4. The Balaban J connectivity index is 1.40. The molecule has 132 valence electrons. The van der Waals surface area contributed by atoms with E-state index in [4.69, 9.17) is 0 Å². The van der Waals surface area contributed by atoms with Crippen molar-refractivity contribution in [1.82, 2.24) is 20.1 Å². The second-order valence-electron chi connectivity index (χ2n) is 7.10. The fourth-order valence-corrected chi connectivity index (χ4v) is 4.64. The van der Waals surface area contributed by atoms with Gasteiger partial charge in [-0.25, -0.2) is 9.67 Å². The number of benzene rings is 1. The number of carbonyl (C=O) groups is 1. The second-order valence-corrected chi connectivity index (χ2v) is 8.04. The van der Waals surface area contributed by atoms with E-state index in [0.29, 0.717) is 5.92 Å². The Bertz CT molecular complexity index is 942. The van der Waals surface area contributed by atoms with Crippen molar-refractivity contribution in [3.05, 3.63) is 63.9 Å². The first-order valence-corrected chi connectivity index (χ1v) is 10.0. The molecule has 1 saturated carbocycles. The molecule has 0 bridgehead atoms. The van der Waals surface area contributed by atoms with Crippen LogP contribution in [-0.4, -0.2) is 26.7 Å². The highest BCUT2D eigenvalue weighted by Crippen LogP contribution is 2.42. The molecule has 0 saturated heterocycles. The molecule has 1 fully saturated rings. The van der Waals surface area contributed by atoms with Crippen LogP contribution in [-0.2, 0) is 12.8 Å². The van der Waals surface area contributed by atoms with E-state index < -0.39 is 0 Å². The van der Waals surface area contributed by atoms with Crippen LogP contribution in [0.1, 0.15) is 51.8 Å². The Morgan fingerprint density at radius 2 is 2.04 bits per heavy atom. The SMILES string of the molecule is O=C(NC1CCc2ncsc2C1)c1cnn(-c2ccccc2)c1C1CC1. The molecule has 0 radical (unpaired) electrons. The van der Waals surface area contributed by atoms with Gasteiger partial charge in [-0.2, -0.15) is 5.10 Å². The van der Waals surface area contributed by atoms with Crippen LogP contribution in [0.3, 0.4) is 0 Å². The van der Waals surface area contributed by atoms with Crippen molar-refractivity contribution in [3.8, 4) is 5.69 Å². The zero-order valence-electron chi connectivity index (χ0n) is 14.4. The molecule has 5 rings (SSSR count). The number of fused-ring (bicyclic) bond motifs is 1. The molecule has 1 aromatic carbocycles. The quantitative estimate of drug-likeness (QED) is 0.771. The van der Waals surface area contributed by atoms with Crippen molar-refractivity contribution in [2.45, 2.75) is 44.1 Å². The first kappa shape index (κ1) is 15.8. The van der Waals surface area contributed by atoms with Gasteiger partial charge in [0.2, 0.25) is 0 Å². The average Bonchev–Trinajstić information content (AvgIpc) is 3.23. The van der Waals surface area contributed by atoms with Crippen LogP contribution >= 0.6 is 11.3 Å². The minimum Gasteiger partial charge on any atom is -0.349 e. The molecule has 2 aliphatic rings. The van der Waals surface area contributed by atoms with Crippen LogP contribution in [0.2, 0.25) is 0 Å². The zero-order chi connectivity index (χ0) is 17.5. The molecule has 1 atom stereocenters. The largest absolute Gasteiger partial charge is 0.349 e. The zero-order valence-corrected chi connectivity index (χ0v) is 15.2. The van der Waals surface area contributed by atoms with E-state index in [0.717, 1.165) is 49.0 Å². The van der Waals surface area contributed by atoms with Gasteiger partial charge in [0.1, 0.15) is 0 Å². The molecule has 5 nitrogen and oxygen atoms in total. The fraction of sp³-hybridized carbons (Fsp3) is 0.350. The number of amides is 1. The van der Waals surface area contributed by atoms with Gasteiger partial charge < -0.3 is 5.32 Å². The van der Waals surface area contributed by atoms with Crippen molar-refractivity contribution in [2.75, 3.05) is 0 Å². The average molecular weight is 364 g/mol. The highest BCUT2D eigenvalue weighted by atomic mass is 32.1. The number of aryl methyl sites for hydroxylation is 1. The van der Waals surface area contributed by atoms with Gasteiger partial charge in [-0.3, -0.25) is 4.79 Å². The highest BCUT2D eigenvalue weighted by molar-refractivity contribution is 7.09. The maximum atomic E-state index is 13.0. The normalized spacial score (nSPS) is 19.2. The smallest absolute Gasteiger partial charge is 0.255 e. The summed E-state index contributed by atoms with van der Waals surface area (Å²) in [6, 6.07) is 10.3. The van der Waals surface area contributed by atoms with E-state index in [1.165, 1.54) is 10.6 Å². The number of thiazole rings is 1. The third kappa shape index (κ3) is 2.84. The van der Waals surface area contributed by atoms with Crippen LogP contribution in [0, 0.1) is 0 Å². The predicted octanol–water partition coefficient (Wildman–Crippen LogP) is 3.49. The fourth-order valence-electron chi connectivity index (χ4n) is 3.74. The first-order valence-electron chi connectivity index (χ1n) is 9.15. The molecule has 1 amide bonds. The molecule has 2 aromatic heterocycles. The van der Waals surface area contributed by atoms with Gasteiger partial charge in [0.15, 0.2) is 0 Å². The Labute approximate surface area is 156 Å². The number of aromatic nitrogens is 3. The lowest BCUT2D eigenvalue weighted by Crippen LogP contribution is -2.38. The first-order chi connectivity index (χ1) is 12.8. The van der Waals surface area contributed by atoms with E-state index in [-0.39, 0.29) is 11.9 Å². The van der Waals surface area contributed by atoms with Gasteiger partial charge >= 0.3 is 0 Å². The minimum atomic E-state index is 0.00652. The van der Waals surface area contributed by atoms with Gasteiger partial charge in [-0.15, -0.1) is 11.3 Å². The van der Waals surface area contributed by atoms with E-state index in [1.807, 2.05) is 40.5 Å². The summed E-state index contributed by atoms with van der Waals surface area (Å²) in [6.07, 6.45) is 6.78. The number of nitrogens with one attached hydrogen (secondary N) is 1.